The summed E-state index contributed by atoms with van der Waals surface area (Å²) >= 11 is 5.83. The van der Waals surface area contributed by atoms with Gasteiger partial charge < -0.3 is 10.4 Å². The molecule has 5 nitrogen and oxygen atoms in total. The fraction of sp³-hybridized carbons (Fsp3) is 0.556. The summed E-state index contributed by atoms with van der Waals surface area (Å²) in [5.41, 5.74) is 0.224. The summed E-state index contributed by atoms with van der Waals surface area (Å²) in [7, 11) is 1.68. The summed E-state index contributed by atoms with van der Waals surface area (Å²) in [6.45, 7) is 0.597. The predicted molar refractivity (Wildman–Crippen MR) is 59.4 cm³/mol. The first-order valence-corrected chi connectivity index (χ1v) is 5.12. The molecule has 0 fully saturated rings. The lowest BCUT2D eigenvalue weighted by Crippen LogP contribution is -2.24. The van der Waals surface area contributed by atoms with Crippen molar-refractivity contribution in [1.29, 1.82) is 0 Å². The van der Waals surface area contributed by atoms with Crippen molar-refractivity contribution < 1.29 is 5.11 Å². The van der Waals surface area contributed by atoms with Gasteiger partial charge in [0.15, 0.2) is 0 Å². The number of nitrogens with one attached hydrogen (secondary N) is 1. The molecule has 0 aliphatic carbocycles. The summed E-state index contributed by atoms with van der Waals surface area (Å²) in [6.07, 6.45) is 2.88. The van der Waals surface area contributed by atoms with Crippen molar-refractivity contribution in [3.63, 3.8) is 0 Å². The van der Waals surface area contributed by atoms with Crippen LogP contribution in [0.1, 0.15) is 12.8 Å². The molecule has 0 bridgehead atoms. The van der Waals surface area contributed by atoms with Crippen LogP contribution in [0.15, 0.2) is 11.0 Å². The third kappa shape index (κ3) is 2.94. The maximum atomic E-state index is 11.6. The van der Waals surface area contributed by atoms with Gasteiger partial charge in [0.25, 0.3) is 5.56 Å². The van der Waals surface area contributed by atoms with Gasteiger partial charge in [0, 0.05) is 20.2 Å². The maximum absolute atomic E-state index is 11.6. The summed E-state index contributed by atoms with van der Waals surface area (Å²) in [6, 6.07) is 0. The Morgan fingerprint density at radius 3 is 2.93 bits per heavy atom. The van der Waals surface area contributed by atoms with E-state index < -0.39 is 0 Å². The molecule has 0 amide bonds. The maximum Gasteiger partial charge on any atom is 0.287 e. The van der Waals surface area contributed by atoms with Gasteiger partial charge >= 0.3 is 0 Å². The minimum atomic E-state index is -0.304. The van der Waals surface area contributed by atoms with E-state index in [2.05, 4.69) is 10.4 Å². The third-order valence-electron chi connectivity index (χ3n) is 2.03. The van der Waals surface area contributed by atoms with Gasteiger partial charge in [0.1, 0.15) is 5.02 Å². The average Bonchev–Trinajstić information content (AvgIpc) is 2.25. The zero-order chi connectivity index (χ0) is 11.3. The average molecular weight is 232 g/mol. The van der Waals surface area contributed by atoms with Crippen molar-refractivity contribution in [2.75, 3.05) is 19.0 Å². The van der Waals surface area contributed by atoms with E-state index >= 15 is 0 Å². The molecule has 1 aromatic rings. The van der Waals surface area contributed by atoms with Gasteiger partial charge in [-0.25, -0.2) is 4.68 Å². The second-order valence-electron chi connectivity index (χ2n) is 3.08. The number of hydrogen-bond acceptors (Lipinski definition) is 4. The van der Waals surface area contributed by atoms with Gasteiger partial charge in [-0.05, 0) is 12.8 Å². The fourth-order valence-corrected chi connectivity index (χ4v) is 1.41. The topological polar surface area (TPSA) is 67.2 Å². The van der Waals surface area contributed by atoms with Crippen LogP contribution in [-0.2, 0) is 6.54 Å². The summed E-state index contributed by atoms with van der Waals surface area (Å²) in [5, 5.41) is 15.5. The van der Waals surface area contributed by atoms with E-state index in [1.165, 1.54) is 10.9 Å². The van der Waals surface area contributed by atoms with Crippen LogP contribution in [0.2, 0.25) is 5.02 Å². The number of hydrogen-bond donors (Lipinski definition) is 2. The predicted octanol–water partition coefficient (Wildman–Crippen LogP) is 0.711. The van der Waals surface area contributed by atoms with Crippen molar-refractivity contribution in [3.05, 3.63) is 21.6 Å². The number of anilines is 1. The van der Waals surface area contributed by atoms with Crippen LogP contribution in [0.25, 0.3) is 0 Å². The van der Waals surface area contributed by atoms with Crippen molar-refractivity contribution in [3.8, 4) is 0 Å². The molecule has 0 aromatic carbocycles. The highest BCUT2D eigenvalue weighted by Gasteiger charge is 2.07. The SMILES string of the molecule is CNc1cnn(CCCCO)c(=O)c1Cl. The molecular weight excluding hydrogens is 218 g/mol. The van der Waals surface area contributed by atoms with E-state index in [4.69, 9.17) is 16.7 Å². The lowest BCUT2D eigenvalue weighted by molar-refractivity contribution is 0.279. The number of aliphatic hydroxyl groups is 1. The number of aryl methyl sites for hydroxylation is 1. The van der Waals surface area contributed by atoms with Crippen LogP contribution in [0.3, 0.4) is 0 Å². The second-order valence-corrected chi connectivity index (χ2v) is 3.46. The first kappa shape index (κ1) is 12.0. The molecule has 0 atom stereocenters. The third-order valence-corrected chi connectivity index (χ3v) is 2.40. The Kier molecular flexibility index (Phi) is 4.58. The first-order chi connectivity index (χ1) is 7.20. The number of aromatic nitrogens is 2. The minimum Gasteiger partial charge on any atom is -0.396 e. The molecule has 0 aliphatic heterocycles. The van der Waals surface area contributed by atoms with Crippen LogP contribution in [0.5, 0.6) is 0 Å². The van der Waals surface area contributed by atoms with Gasteiger partial charge in [0.05, 0.1) is 11.9 Å². The molecule has 1 aromatic heterocycles. The Balaban J connectivity index is 2.83. The lowest BCUT2D eigenvalue weighted by Gasteiger charge is -2.06. The minimum absolute atomic E-state index is 0.122. The lowest BCUT2D eigenvalue weighted by atomic mass is 10.3. The molecule has 0 aliphatic rings. The number of aliphatic hydroxyl groups excluding tert-OH is 1. The number of nitrogens with zero attached hydrogens (tertiary/aromatic N) is 2. The quantitative estimate of drug-likeness (QED) is 0.733. The summed E-state index contributed by atoms with van der Waals surface area (Å²) in [4.78, 5) is 11.6. The fourth-order valence-electron chi connectivity index (χ4n) is 1.17. The van der Waals surface area contributed by atoms with E-state index in [-0.39, 0.29) is 17.2 Å². The Labute approximate surface area is 92.7 Å². The molecule has 0 radical (unpaired) electrons. The van der Waals surface area contributed by atoms with E-state index in [0.717, 1.165) is 0 Å². The summed E-state index contributed by atoms with van der Waals surface area (Å²) in [5.74, 6) is 0. The van der Waals surface area contributed by atoms with E-state index in [0.29, 0.717) is 25.1 Å². The molecule has 6 heteroatoms. The molecule has 15 heavy (non-hydrogen) atoms. The van der Waals surface area contributed by atoms with Gasteiger partial charge in [0.2, 0.25) is 0 Å². The molecule has 1 rings (SSSR count). The second kappa shape index (κ2) is 5.72. The van der Waals surface area contributed by atoms with Crippen molar-refractivity contribution >= 4 is 17.3 Å². The standard InChI is InChI=1S/C9H14ClN3O2/c1-11-7-6-12-13(4-2-3-5-14)9(15)8(7)10/h6,11,14H,2-5H2,1H3. The first-order valence-electron chi connectivity index (χ1n) is 4.75. The Hall–Kier alpha value is -1.07. The number of unbranched alkanes of at least 4 members (excludes halogenated alkanes) is 1. The molecular formula is C9H14ClN3O2. The van der Waals surface area contributed by atoms with Crippen molar-refractivity contribution in [2.24, 2.45) is 0 Å². The normalized spacial score (nSPS) is 10.3. The zero-order valence-electron chi connectivity index (χ0n) is 8.53. The monoisotopic (exact) mass is 231 g/mol. The van der Waals surface area contributed by atoms with Crippen LogP contribution >= 0.6 is 11.6 Å². The Morgan fingerprint density at radius 1 is 1.60 bits per heavy atom. The molecule has 84 valence electrons. The molecule has 2 N–H and O–H groups in total. The molecule has 1 heterocycles. The molecule has 0 spiro atoms. The highest BCUT2D eigenvalue weighted by atomic mass is 35.5. The Morgan fingerprint density at radius 2 is 2.33 bits per heavy atom. The number of halogens is 1. The van der Waals surface area contributed by atoms with Crippen molar-refractivity contribution in [1.82, 2.24) is 9.78 Å². The number of rotatable bonds is 5. The molecule has 0 unspecified atom stereocenters. The van der Waals surface area contributed by atoms with Crippen molar-refractivity contribution in [2.45, 2.75) is 19.4 Å². The van der Waals surface area contributed by atoms with E-state index in [9.17, 15) is 4.79 Å². The molecule has 0 saturated carbocycles. The highest BCUT2D eigenvalue weighted by molar-refractivity contribution is 6.32. The van der Waals surface area contributed by atoms with E-state index in [1.54, 1.807) is 7.05 Å². The van der Waals surface area contributed by atoms with Crippen LogP contribution in [0, 0.1) is 0 Å². The van der Waals surface area contributed by atoms with E-state index in [1.807, 2.05) is 0 Å². The van der Waals surface area contributed by atoms with Crippen LogP contribution in [0.4, 0.5) is 5.69 Å². The summed E-state index contributed by atoms with van der Waals surface area (Å²) < 4.78 is 1.30. The zero-order valence-corrected chi connectivity index (χ0v) is 9.29. The molecule has 0 saturated heterocycles. The highest BCUT2D eigenvalue weighted by Crippen LogP contribution is 2.13. The van der Waals surface area contributed by atoms with Gasteiger partial charge in [-0.1, -0.05) is 11.6 Å². The van der Waals surface area contributed by atoms with Gasteiger partial charge in [-0.3, -0.25) is 4.79 Å². The van der Waals surface area contributed by atoms with Gasteiger partial charge in [-0.2, -0.15) is 5.10 Å². The Bertz CT molecular complexity index is 378. The largest absolute Gasteiger partial charge is 0.396 e. The van der Waals surface area contributed by atoms with Crippen LogP contribution < -0.4 is 10.9 Å². The van der Waals surface area contributed by atoms with Crippen LogP contribution in [-0.4, -0.2) is 28.5 Å². The smallest absolute Gasteiger partial charge is 0.287 e. The van der Waals surface area contributed by atoms with Gasteiger partial charge in [-0.15, -0.1) is 0 Å².